The molecule has 5 N–H and O–H groups in total. The van der Waals surface area contributed by atoms with Crippen molar-refractivity contribution in [1.82, 2.24) is 19.5 Å². The number of esters is 1. The minimum atomic E-state index is -5.30. The molecule has 46 heavy (non-hydrogen) atoms. The molecule has 0 radical (unpaired) electrons. The van der Waals surface area contributed by atoms with Gasteiger partial charge in [0.25, 0.3) is 0 Å². The molecule has 2 saturated heterocycles. The van der Waals surface area contributed by atoms with E-state index in [1.54, 1.807) is 0 Å². The number of hydrogen-bond acceptors (Lipinski definition) is 11. The normalized spacial score (nSPS) is 23.6. The number of imidazole rings is 1. The molecule has 0 aliphatic carbocycles. The number of nitrogens with one attached hydrogen (secondary N) is 1. The van der Waals surface area contributed by atoms with E-state index in [0.717, 1.165) is 24.0 Å². The molecule has 2 aromatic heterocycles. The molecule has 2 aliphatic heterocycles. The molecule has 4 heterocycles. The summed E-state index contributed by atoms with van der Waals surface area (Å²) in [5.41, 5.74) is 8.95. The number of carbonyl (C=O) groups is 1. The Morgan fingerprint density at radius 2 is 1.78 bits per heavy atom. The lowest BCUT2D eigenvalue weighted by Crippen LogP contribution is -2.43. The number of piperidine rings is 1. The predicted octanol–water partition coefficient (Wildman–Crippen LogP) is 2.72. The molecular weight excluding hydrogens is 607 g/mol. The number of anilines is 2. The number of carbonyl (C=O) groups excluding carboxylic acids is 1. The summed E-state index contributed by atoms with van der Waals surface area (Å²) in [7, 11) is 0. The van der Waals surface area contributed by atoms with E-state index in [2.05, 4.69) is 15.0 Å². The monoisotopic (exact) mass is 641 g/mol. The highest BCUT2D eigenvalue weighted by Gasteiger charge is 2.51. The Labute approximate surface area is 262 Å². The van der Waals surface area contributed by atoms with Crippen LogP contribution in [-0.2, 0) is 14.3 Å². The molecule has 6 rings (SSSR count). The molecule has 15 heteroatoms. The summed E-state index contributed by atoms with van der Waals surface area (Å²) in [6.07, 6.45) is -8.69. The first-order valence-corrected chi connectivity index (χ1v) is 14.9. The second-order valence-electron chi connectivity index (χ2n) is 11.4. The number of halogens is 3. The Bertz CT molecular complexity index is 1600. The highest BCUT2D eigenvalue weighted by Crippen LogP contribution is 2.36. The topological polar surface area (TPSA) is 161 Å². The number of aromatic nitrogens is 4. The van der Waals surface area contributed by atoms with Crippen LogP contribution in [0.2, 0.25) is 0 Å². The van der Waals surface area contributed by atoms with Crippen molar-refractivity contribution in [1.29, 1.82) is 0 Å². The molecule has 2 aromatic carbocycles. The Kier molecular flexibility index (Phi) is 9.08. The minimum absolute atomic E-state index is 0.0595. The van der Waals surface area contributed by atoms with Crippen molar-refractivity contribution in [2.24, 2.45) is 5.73 Å². The summed E-state index contributed by atoms with van der Waals surface area (Å²) < 4.78 is 50.5. The first-order chi connectivity index (χ1) is 22.1. The maximum absolute atomic E-state index is 13.0. The van der Waals surface area contributed by atoms with Crippen molar-refractivity contribution in [3.63, 3.8) is 0 Å². The molecule has 0 spiro atoms. The minimum Gasteiger partial charge on any atom is -0.450 e. The zero-order valence-corrected chi connectivity index (χ0v) is 24.6. The largest absolute Gasteiger partial charge is 0.490 e. The van der Waals surface area contributed by atoms with E-state index in [4.69, 9.17) is 20.4 Å². The van der Waals surface area contributed by atoms with Crippen LogP contribution >= 0.6 is 0 Å². The smallest absolute Gasteiger partial charge is 0.450 e. The number of rotatable bonds is 9. The Morgan fingerprint density at radius 3 is 2.39 bits per heavy atom. The van der Waals surface area contributed by atoms with Crippen LogP contribution in [0.4, 0.5) is 24.9 Å². The van der Waals surface area contributed by atoms with Gasteiger partial charge in [-0.05, 0) is 24.0 Å². The van der Waals surface area contributed by atoms with Gasteiger partial charge in [-0.15, -0.1) is 0 Å². The predicted molar refractivity (Wildman–Crippen MR) is 161 cm³/mol. The number of hydrogen-bond donors (Lipinski definition) is 4. The Morgan fingerprint density at radius 1 is 1.11 bits per heavy atom. The van der Waals surface area contributed by atoms with E-state index in [9.17, 15) is 28.2 Å². The van der Waals surface area contributed by atoms with Crippen molar-refractivity contribution in [2.75, 3.05) is 36.5 Å². The van der Waals surface area contributed by atoms with Gasteiger partial charge in [-0.2, -0.15) is 23.1 Å². The molecule has 0 saturated carbocycles. The number of nitrogens with zero attached hydrogens (tertiary/aromatic N) is 5. The molecule has 2 fully saturated rings. The molecule has 5 atom stereocenters. The lowest BCUT2D eigenvalue weighted by atomic mass is 9.91. The van der Waals surface area contributed by atoms with Gasteiger partial charge in [0.05, 0.1) is 12.9 Å². The first kappa shape index (κ1) is 31.7. The third-order valence-corrected chi connectivity index (χ3v) is 8.27. The Hall–Kier alpha value is -4.31. The summed E-state index contributed by atoms with van der Waals surface area (Å²) >= 11 is 0. The van der Waals surface area contributed by atoms with E-state index in [1.165, 1.54) is 10.9 Å². The Balaban J connectivity index is 1.37. The fourth-order valence-electron chi connectivity index (χ4n) is 5.98. The average molecular weight is 642 g/mol. The summed E-state index contributed by atoms with van der Waals surface area (Å²) in [6, 6.07) is 19.9. The van der Waals surface area contributed by atoms with Crippen LogP contribution in [0.25, 0.3) is 11.2 Å². The van der Waals surface area contributed by atoms with Gasteiger partial charge in [-0.1, -0.05) is 60.7 Å². The van der Waals surface area contributed by atoms with E-state index >= 15 is 0 Å². The maximum Gasteiger partial charge on any atom is 0.490 e. The van der Waals surface area contributed by atoms with Crippen molar-refractivity contribution in [2.45, 2.75) is 55.5 Å². The molecule has 0 amide bonds. The number of benzene rings is 2. The molecule has 0 unspecified atom stereocenters. The summed E-state index contributed by atoms with van der Waals surface area (Å²) in [5, 5.41) is 24.3. The molecule has 2 aliphatic rings. The third-order valence-electron chi connectivity index (χ3n) is 8.27. The van der Waals surface area contributed by atoms with Gasteiger partial charge in [0.15, 0.2) is 29.3 Å². The highest BCUT2D eigenvalue weighted by molar-refractivity contribution is 5.84. The van der Waals surface area contributed by atoms with Crippen LogP contribution in [0.3, 0.4) is 0 Å². The lowest BCUT2D eigenvalue weighted by molar-refractivity contribution is -0.210. The average Bonchev–Trinajstić information content (AvgIpc) is 3.62. The number of alkyl halides is 3. The summed E-state index contributed by atoms with van der Waals surface area (Å²) in [6.45, 7) is 0.764. The lowest BCUT2D eigenvalue weighted by Gasteiger charge is -2.31. The highest BCUT2D eigenvalue weighted by atomic mass is 19.4. The second kappa shape index (κ2) is 13.2. The van der Waals surface area contributed by atoms with Gasteiger partial charge in [0.2, 0.25) is 5.95 Å². The van der Waals surface area contributed by atoms with Gasteiger partial charge in [-0.25, -0.2) is 9.78 Å². The van der Waals surface area contributed by atoms with Crippen LogP contribution < -0.4 is 16.0 Å². The van der Waals surface area contributed by atoms with E-state index in [-0.39, 0.29) is 17.6 Å². The number of nitrogens with two attached hydrogens (primary N) is 1. The van der Waals surface area contributed by atoms with Gasteiger partial charge in [0, 0.05) is 31.6 Å². The van der Waals surface area contributed by atoms with Gasteiger partial charge < -0.3 is 35.6 Å². The fourth-order valence-corrected chi connectivity index (χ4v) is 5.98. The first-order valence-electron chi connectivity index (χ1n) is 14.9. The van der Waals surface area contributed by atoms with E-state index in [0.29, 0.717) is 36.9 Å². The van der Waals surface area contributed by atoms with Crippen LogP contribution in [0.15, 0.2) is 67.0 Å². The van der Waals surface area contributed by atoms with E-state index < -0.39 is 43.3 Å². The van der Waals surface area contributed by atoms with Crippen molar-refractivity contribution in [3.8, 4) is 0 Å². The summed E-state index contributed by atoms with van der Waals surface area (Å²) in [5.74, 6) is -1.83. The number of fused-ring (bicyclic) bond motifs is 1. The zero-order valence-electron chi connectivity index (χ0n) is 24.6. The maximum atomic E-state index is 13.0. The second-order valence-corrected chi connectivity index (χ2v) is 11.4. The fraction of sp³-hybridized carbons (Fsp3) is 0.419. The van der Waals surface area contributed by atoms with Crippen molar-refractivity contribution >= 4 is 28.9 Å². The number of aliphatic hydroxyl groups is 2. The molecule has 0 bridgehead atoms. The van der Waals surface area contributed by atoms with E-state index in [1.807, 2.05) is 65.6 Å². The molecule has 244 valence electrons. The van der Waals surface area contributed by atoms with Crippen LogP contribution in [0.5, 0.6) is 0 Å². The quantitative estimate of drug-likeness (QED) is 0.199. The molecule has 12 nitrogen and oxygen atoms in total. The standard InChI is InChI=1S/C31H34F3N7O5/c32-31(33,34)29(44)46-25-22(16-42)45-28(24(25)43)41-17-37-23-26(38-30(39-27(23)41)40-13-7-12-20(35)15-40)36-14-21(18-8-3-1-4-9-18)19-10-5-2-6-11-19/h1-6,8-11,17,20-22,24-25,28,42-43H,7,12-16,35H2,(H,36,38,39)/t20-,22-,24-,25-,28-/m1/s1. The SMILES string of the molecule is N[C@@H]1CCCN(c2nc(NCC(c3ccccc3)c3ccccc3)c3ncn([C@@H]4O[C@H](CO)[C@@H](OC(=O)C(F)(F)F)[C@H]4O)c3n2)C1. The zero-order chi connectivity index (χ0) is 32.4. The number of ether oxygens (including phenoxy) is 2. The van der Waals surface area contributed by atoms with Crippen molar-refractivity contribution < 1.29 is 37.7 Å². The van der Waals surface area contributed by atoms with Crippen LogP contribution in [0.1, 0.15) is 36.1 Å². The van der Waals surface area contributed by atoms with Crippen LogP contribution in [0, 0.1) is 0 Å². The van der Waals surface area contributed by atoms with Crippen LogP contribution in [-0.4, -0.2) is 92.5 Å². The number of aliphatic hydroxyl groups excluding tert-OH is 2. The van der Waals surface area contributed by atoms with Crippen molar-refractivity contribution in [3.05, 3.63) is 78.1 Å². The van der Waals surface area contributed by atoms with Gasteiger partial charge in [0.1, 0.15) is 12.2 Å². The van der Waals surface area contributed by atoms with Gasteiger partial charge >= 0.3 is 12.1 Å². The summed E-state index contributed by atoms with van der Waals surface area (Å²) in [4.78, 5) is 27.6. The third kappa shape index (κ3) is 6.49. The van der Waals surface area contributed by atoms with Gasteiger partial charge in [-0.3, -0.25) is 4.57 Å². The molecule has 4 aromatic rings. The molecular formula is C31H34F3N7O5.